The van der Waals surface area contributed by atoms with Gasteiger partial charge in [-0.3, -0.25) is 9.25 Å². The number of pyridine rings is 2. The van der Waals surface area contributed by atoms with Gasteiger partial charge in [-0.15, -0.1) is 0 Å². The minimum atomic E-state index is -3.01. The van der Waals surface area contributed by atoms with Crippen LogP contribution in [-0.2, 0) is 5.54 Å². The van der Waals surface area contributed by atoms with E-state index < -0.39 is 6.61 Å². The van der Waals surface area contributed by atoms with Crippen LogP contribution in [0.1, 0.15) is 20.8 Å². The topological polar surface area (TPSA) is 87.2 Å². The molecule has 0 amide bonds. The van der Waals surface area contributed by atoms with Gasteiger partial charge in [-0.2, -0.15) is 13.9 Å². The molecule has 4 heterocycles. The van der Waals surface area contributed by atoms with E-state index in [1.807, 2.05) is 31.6 Å². The molecule has 1 N–H and O–H groups in total. The maximum Gasteiger partial charge on any atom is 0.388 e. The Balaban J connectivity index is 1.73. The molecule has 4 aromatic rings. The third-order valence-electron chi connectivity index (χ3n) is 4.71. The molecule has 0 aliphatic heterocycles. The quantitative estimate of drug-likeness (QED) is 0.507. The number of hydrogen-bond acceptors (Lipinski definition) is 6. The van der Waals surface area contributed by atoms with Crippen LogP contribution < -0.4 is 9.47 Å². The normalized spacial score (nSPS) is 12.0. The molecule has 0 bridgehead atoms. The highest BCUT2D eigenvalue weighted by Gasteiger charge is 2.18. The Kier molecular flexibility index (Phi) is 5.00. The Labute approximate surface area is 176 Å². The summed E-state index contributed by atoms with van der Waals surface area (Å²) in [7, 11) is 1.34. The molecule has 0 spiro atoms. The van der Waals surface area contributed by atoms with Crippen LogP contribution in [0.15, 0.2) is 43.0 Å². The highest BCUT2D eigenvalue weighted by molar-refractivity contribution is 5.87. The molecule has 0 radical (unpaired) electrons. The predicted molar refractivity (Wildman–Crippen MR) is 110 cm³/mol. The number of ether oxygens (including phenoxy) is 2. The molecule has 8 nitrogen and oxygen atoms in total. The van der Waals surface area contributed by atoms with Gasteiger partial charge in [-0.1, -0.05) is 0 Å². The Morgan fingerprint density at radius 3 is 2.55 bits per heavy atom. The molecule has 0 atom stereocenters. The van der Waals surface area contributed by atoms with Crippen LogP contribution in [0.4, 0.5) is 8.78 Å². The number of aromatic nitrogens is 5. The largest absolute Gasteiger partial charge is 0.494 e. The summed E-state index contributed by atoms with van der Waals surface area (Å²) in [6, 6.07) is 4.95. The molecule has 31 heavy (non-hydrogen) atoms. The number of hydrogen-bond donors (Lipinski definition) is 1. The standard InChI is InChI=1S/C21H21F2N5O3/c1-21(2,3)28-10-13(9-25-28)27-11-16-14(19(27)29)5-6-15(26-16)12-7-17(30-4)18(24-8-12)31-20(22)23/h5-11,20,29H,1-4H3. The first-order chi connectivity index (χ1) is 14.7. The van der Waals surface area contributed by atoms with Crippen LogP contribution in [-0.4, -0.2) is 43.1 Å². The van der Waals surface area contributed by atoms with Crippen molar-refractivity contribution >= 4 is 10.9 Å². The van der Waals surface area contributed by atoms with Gasteiger partial charge in [0, 0.05) is 24.2 Å². The van der Waals surface area contributed by atoms with Crippen LogP contribution in [0.25, 0.3) is 27.8 Å². The Morgan fingerprint density at radius 2 is 1.90 bits per heavy atom. The van der Waals surface area contributed by atoms with Gasteiger partial charge in [0.15, 0.2) is 5.75 Å². The van der Waals surface area contributed by atoms with E-state index in [9.17, 15) is 13.9 Å². The zero-order valence-electron chi connectivity index (χ0n) is 17.4. The first kappa shape index (κ1) is 20.6. The van der Waals surface area contributed by atoms with E-state index in [-0.39, 0.29) is 23.0 Å². The summed E-state index contributed by atoms with van der Waals surface area (Å²) in [6.45, 7) is 3.09. The van der Waals surface area contributed by atoms with Crippen LogP contribution in [0, 0.1) is 0 Å². The molecule has 0 aromatic carbocycles. The Bertz CT molecular complexity index is 1240. The van der Waals surface area contributed by atoms with Gasteiger partial charge in [-0.25, -0.2) is 9.97 Å². The summed E-state index contributed by atoms with van der Waals surface area (Å²) in [5.41, 5.74) is 2.13. The third-order valence-corrected chi connectivity index (χ3v) is 4.71. The minimum absolute atomic E-state index is 0.0406. The molecule has 10 heteroatoms. The lowest BCUT2D eigenvalue weighted by atomic mass is 10.1. The van der Waals surface area contributed by atoms with E-state index >= 15 is 0 Å². The fourth-order valence-corrected chi connectivity index (χ4v) is 3.13. The number of nitrogens with zero attached hydrogens (tertiary/aromatic N) is 5. The van der Waals surface area contributed by atoms with E-state index in [0.29, 0.717) is 27.8 Å². The van der Waals surface area contributed by atoms with Gasteiger partial charge in [0.1, 0.15) is 0 Å². The second-order valence-corrected chi connectivity index (χ2v) is 7.88. The summed E-state index contributed by atoms with van der Waals surface area (Å²) in [5, 5.41) is 15.6. The average Bonchev–Trinajstić information content (AvgIpc) is 3.32. The maximum absolute atomic E-state index is 12.5. The lowest BCUT2D eigenvalue weighted by Crippen LogP contribution is -2.21. The van der Waals surface area contributed by atoms with E-state index in [1.165, 1.54) is 19.4 Å². The molecule has 0 aliphatic rings. The monoisotopic (exact) mass is 429 g/mol. The second kappa shape index (κ2) is 7.53. The van der Waals surface area contributed by atoms with E-state index in [2.05, 4.69) is 19.8 Å². The molecule has 162 valence electrons. The summed E-state index contributed by atoms with van der Waals surface area (Å²) in [5.74, 6) is -0.199. The lowest BCUT2D eigenvalue weighted by molar-refractivity contribution is -0.0542. The van der Waals surface area contributed by atoms with Gasteiger partial charge in [0.25, 0.3) is 5.88 Å². The van der Waals surface area contributed by atoms with Gasteiger partial charge < -0.3 is 14.6 Å². The molecule has 0 unspecified atom stereocenters. The second-order valence-electron chi connectivity index (χ2n) is 7.88. The SMILES string of the molecule is COc1cc(-c2ccc3c(O)n(-c4cnn(C(C)(C)C)c4)cc3n2)cnc1OC(F)F. The first-order valence-electron chi connectivity index (χ1n) is 9.43. The summed E-state index contributed by atoms with van der Waals surface area (Å²) < 4.78 is 37.9. The van der Waals surface area contributed by atoms with Gasteiger partial charge in [0.05, 0.1) is 41.1 Å². The van der Waals surface area contributed by atoms with Crippen molar-refractivity contribution in [1.29, 1.82) is 0 Å². The van der Waals surface area contributed by atoms with E-state index in [4.69, 9.17) is 4.74 Å². The minimum Gasteiger partial charge on any atom is -0.494 e. The molecule has 0 saturated carbocycles. The highest BCUT2D eigenvalue weighted by atomic mass is 19.3. The number of alkyl halides is 2. The van der Waals surface area contributed by atoms with Crippen molar-refractivity contribution in [3.8, 4) is 34.5 Å². The van der Waals surface area contributed by atoms with Crippen LogP contribution in [0.2, 0.25) is 0 Å². The van der Waals surface area contributed by atoms with E-state index in [1.54, 1.807) is 29.1 Å². The molecular formula is C21H21F2N5O3. The van der Waals surface area contributed by atoms with Crippen molar-refractivity contribution in [2.75, 3.05) is 7.11 Å². The predicted octanol–water partition coefficient (Wildman–Crippen LogP) is 4.35. The van der Waals surface area contributed by atoms with Crippen LogP contribution in [0.3, 0.4) is 0 Å². The van der Waals surface area contributed by atoms with Crippen molar-refractivity contribution in [3.63, 3.8) is 0 Å². The van der Waals surface area contributed by atoms with Crippen LogP contribution in [0.5, 0.6) is 17.5 Å². The first-order valence-corrected chi connectivity index (χ1v) is 9.43. The maximum atomic E-state index is 12.5. The average molecular weight is 429 g/mol. The molecular weight excluding hydrogens is 408 g/mol. The van der Waals surface area contributed by atoms with Crippen molar-refractivity contribution in [1.82, 2.24) is 24.3 Å². The molecule has 4 aromatic heterocycles. The number of aromatic hydroxyl groups is 1. The molecule has 0 fully saturated rings. The van der Waals surface area contributed by atoms with Gasteiger partial charge in [-0.05, 0) is 39.0 Å². The highest BCUT2D eigenvalue weighted by Crippen LogP contribution is 2.34. The number of methoxy groups -OCH3 is 1. The Hall–Kier alpha value is -3.69. The Morgan fingerprint density at radius 1 is 1.13 bits per heavy atom. The molecule has 4 rings (SSSR count). The smallest absolute Gasteiger partial charge is 0.388 e. The van der Waals surface area contributed by atoms with Crippen molar-refractivity contribution in [2.24, 2.45) is 0 Å². The third kappa shape index (κ3) is 3.88. The fourth-order valence-electron chi connectivity index (χ4n) is 3.13. The van der Waals surface area contributed by atoms with Crippen molar-refractivity contribution in [3.05, 3.63) is 43.0 Å². The van der Waals surface area contributed by atoms with Crippen molar-refractivity contribution < 1.29 is 23.4 Å². The van der Waals surface area contributed by atoms with Gasteiger partial charge in [0.2, 0.25) is 5.88 Å². The summed E-state index contributed by atoms with van der Waals surface area (Å²) >= 11 is 0. The lowest BCUT2D eigenvalue weighted by Gasteiger charge is -2.18. The number of halogens is 2. The fraction of sp³-hybridized carbons (Fsp3) is 0.286. The number of fused-ring (bicyclic) bond motifs is 1. The van der Waals surface area contributed by atoms with E-state index in [0.717, 1.165) is 0 Å². The number of rotatable bonds is 5. The van der Waals surface area contributed by atoms with Crippen molar-refractivity contribution in [2.45, 2.75) is 32.9 Å². The zero-order valence-corrected chi connectivity index (χ0v) is 17.4. The zero-order chi connectivity index (χ0) is 22.3. The van der Waals surface area contributed by atoms with Gasteiger partial charge >= 0.3 is 6.61 Å². The summed E-state index contributed by atoms with van der Waals surface area (Å²) in [4.78, 5) is 8.49. The molecule has 0 aliphatic carbocycles. The molecule has 0 saturated heterocycles. The van der Waals surface area contributed by atoms with Crippen LogP contribution >= 0.6 is 0 Å². The summed E-state index contributed by atoms with van der Waals surface area (Å²) in [6.07, 6.45) is 6.59.